The molecule has 20 heavy (non-hydrogen) atoms. The van der Waals surface area contributed by atoms with Gasteiger partial charge in [0.2, 0.25) is 0 Å². The topological polar surface area (TPSA) is 40.5 Å². The lowest BCUT2D eigenvalue weighted by atomic mass is 9.71. The highest BCUT2D eigenvalue weighted by Gasteiger charge is 2.44. The minimum atomic E-state index is -0.564. The van der Waals surface area contributed by atoms with Crippen molar-refractivity contribution in [2.75, 3.05) is 13.1 Å². The summed E-state index contributed by atoms with van der Waals surface area (Å²) in [7, 11) is 0. The summed E-state index contributed by atoms with van der Waals surface area (Å²) < 4.78 is 0.981. The standard InChI is InChI=1S/C14H17Cl2NO2S/c15-11-7-10(12(16)20-11)13(18)17-6-5-14(19)4-2-1-3-9(14)8-17/h7,9,19H,1-6,8H2. The molecule has 2 atom stereocenters. The van der Waals surface area contributed by atoms with E-state index in [1.54, 1.807) is 6.07 Å². The average molecular weight is 334 g/mol. The Hall–Kier alpha value is -0.290. The second kappa shape index (κ2) is 5.48. The summed E-state index contributed by atoms with van der Waals surface area (Å²) in [5.74, 6) is 0.132. The zero-order valence-electron chi connectivity index (χ0n) is 11.1. The monoisotopic (exact) mass is 333 g/mol. The summed E-state index contributed by atoms with van der Waals surface area (Å²) in [4.78, 5) is 14.3. The first-order valence-electron chi connectivity index (χ1n) is 6.96. The molecule has 1 aliphatic carbocycles. The smallest absolute Gasteiger partial charge is 0.256 e. The van der Waals surface area contributed by atoms with Gasteiger partial charge in [-0.1, -0.05) is 36.0 Å². The number of thiophene rings is 1. The molecule has 3 nitrogen and oxygen atoms in total. The van der Waals surface area contributed by atoms with Gasteiger partial charge in [-0.05, 0) is 25.3 Å². The van der Waals surface area contributed by atoms with Gasteiger partial charge in [-0.2, -0.15) is 0 Å². The molecule has 1 aromatic heterocycles. The molecule has 1 aromatic rings. The van der Waals surface area contributed by atoms with Gasteiger partial charge in [-0.25, -0.2) is 0 Å². The number of nitrogens with zero attached hydrogens (tertiary/aromatic N) is 1. The van der Waals surface area contributed by atoms with Crippen LogP contribution in [-0.2, 0) is 0 Å². The SMILES string of the molecule is O=C(c1cc(Cl)sc1Cl)N1CCC2(O)CCCCC2C1. The Bertz CT molecular complexity index is 533. The molecule has 0 aromatic carbocycles. The molecule has 6 heteroatoms. The van der Waals surface area contributed by atoms with E-state index in [0.29, 0.717) is 33.7 Å². The van der Waals surface area contributed by atoms with Crippen LogP contribution in [0.15, 0.2) is 6.07 Å². The number of rotatable bonds is 1. The number of hydrogen-bond donors (Lipinski definition) is 1. The van der Waals surface area contributed by atoms with Crippen molar-refractivity contribution in [3.63, 3.8) is 0 Å². The van der Waals surface area contributed by atoms with E-state index in [2.05, 4.69) is 0 Å². The number of hydrogen-bond acceptors (Lipinski definition) is 3. The molecular weight excluding hydrogens is 317 g/mol. The van der Waals surface area contributed by atoms with Gasteiger partial charge >= 0.3 is 0 Å². The van der Waals surface area contributed by atoms with Gasteiger partial charge in [0.05, 0.1) is 15.5 Å². The molecule has 1 aliphatic heterocycles. The number of halogens is 2. The zero-order valence-corrected chi connectivity index (χ0v) is 13.4. The van der Waals surface area contributed by atoms with Crippen molar-refractivity contribution in [2.45, 2.75) is 37.7 Å². The first kappa shape index (κ1) is 14.6. The van der Waals surface area contributed by atoms with E-state index >= 15 is 0 Å². The number of aliphatic hydroxyl groups is 1. The maximum atomic E-state index is 12.5. The average Bonchev–Trinajstić information content (AvgIpc) is 2.76. The van der Waals surface area contributed by atoms with Gasteiger partial charge < -0.3 is 10.0 Å². The number of fused-ring (bicyclic) bond motifs is 1. The molecule has 3 rings (SSSR count). The molecule has 1 saturated heterocycles. The molecule has 0 bridgehead atoms. The maximum Gasteiger partial charge on any atom is 0.256 e. The molecule has 2 aliphatic rings. The Morgan fingerprint density at radius 2 is 2.20 bits per heavy atom. The predicted molar refractivity (Wildman–Crippen MR) is 81.8 cm³/mol. The van der Waals surface area contributed by atoms with Crippen LogP contribution in [0.2, 0.25) is 8.67 Å². The summed E-state index contributed by atoms with van der Waals surface area (Å²) in [6.45, 7) is 1.22. The zero-order chi connectivity index (χ0) is 14.3. The highest BCUT2D eigenvalue weighted by atomic mass is 35.5. The molecule has 2 unspecified atom stereocenters. The maximum absolute atomic E-state index is 12.5. The van der Waals surface area contributed by atoms with Crippen molar-refractivity contribution < 1.29 is 9.90 Å². The van der Waals surface area contributed by atoms with Crippen LogP contribution in [0.1, 0.15) is 42.5 Å². The Balaban J connectivity index is 1.76. The van der Waals surface area contributed by atoms with Crippen molar-refractivity contribution in [1.82, 2.24) is 4.90 Å². The van der Waals surface area contributed by atoms with Crippen molar-refractivity contribution >= 4 is 40.4 Å². The number of carbonyl (C=O) groups is 1. The predicted octanol–water partition coefficient (Wildman–Crippen LogP) is 3.82. The van der Waals surface area contributed by atoms with Crippen LogP contribution in [0, 0.1) is 5.92 Å². The van der Waals surface area contributed by atoms with Crippen LogP contribution in [0.4, 0.5) is 0 Å². The van der Waals surface area contributed by atoms with E-state index in [1.165, 1.54) is 11.3 Å². The molecule has 0 spiro atoms. The van der Waals surface area contributed by atoms with Gasteiger partial charge in [0.1, 0.15) is 4.34 Å². The molecule has 1 N–H and O–H groups in total. The number of piperidine rings is 1. The van der Waals surface area contributed by atoms with E-state index in [1.807, 2.05) is 4.90 Å². The summed E-state index contributed by atoms with van der Waals surface area (Å²) in [5, 5.41) is 10.6. The second-order valence-electron chi connectivity index (χ2n) is 5.79. The van der Waals surface area contributed by atoms with E-state index in [-0.39, 0.29) is 11.8 Å². The van der Waals surface area contributed by atoms with E-state index in [9.17, 15) is 9.90 Å². The van der Waals surface area contributed by atoms with Crippen LogP contribution in [-0.4, -0.2) is 34.6 Å². The Labute approximate surface area is 132 Å². The fourth-order valence-electron chi connectivity index (χ4n) is 3.41. The molecule has 0 radical (unpaired) electrons. The lowest BCUT2D eigenvalue weighted by Crippen LogP contribution is -2.54. The van der Waals surface area contributed by atoms with E-state index < -0.39 is 5.60 Å². The Kier molecular flexibility index (Phi) is 4.01. The molecule has 2 heterocycles. The summed E-state index contributed by atoms with van der Waals surface area (Å²) in [6.07, 6.45) is 4.76. The van der Waals surface area contributed by atoms with Crippen LogP contribution in [0.5, 0.6) is 0 Å². The minimum Gasteiger partial charge on any atom is -0.389 e. The molecular formula is C14H17Cl2NO2S. The third kappa shape index (κ3) is 2.59. The normalized spacial score (nSPS) is 30.1. The van der Waals surface area contributed by atoms with Crippen molar-refractivity contribution in [3.05, 3.63) is 20.3 Å². The fraction of sp³-hybridized carbons (Fsp3) is 0.643. The first-order valence-corrected chi connectivity index (χ1v) is 8.53. The second-order valence-corrected chi connectivity index (χ2v) is 8.07. The quantitative estimate of drug-likeness (QED) is 0.848. The molecule has 1 amide bonds. The van der Waals surface area contributed by atoms with Gasteiger partial charge in [0, 0.05) is 19.0 Å². The lowest BCUT2D eigenvalue weighted by molar-refractivity contribution is -0.0886. The van der Waals surface area contributed by atoms with Crippen LogP contribution < -0.4 is 0 Å². The summed E-state index contributed by atoms with van der Waals surface area (Å²) in [5.41, 5.74) is -0.0756. The third-order valence-electron chi connectivity index (χ3n) is 4.60. The third-order valence-corrected chi connectivity index (χ3v) is 6.09. The Morgan fingerprint density at radius 3 is 2.90 bits per heavy atom. The number of likely N-dealkylation sites (tertiary alicyclic amines) is 1. The summed E-state index contributed by atoms with van der Waals surface area (Å²) in [6, 6.07) is 1.64. The van der Waals surface area contributed by atoms with Crippen molar-refractivity contribution in [1.29, 1.82) is 0 Å². The minimum absolute atomic E-state index is 0.0641. The van der Waals surface area contributed by atoms with Gasteiger partial charge in [-0.15, -0.1) is 11.3 Å². The first-order chi connectivity index (χ1) is 9.49. The van der Waals surface area contributed by atoms with E-state index in [0.717, 1.165) is 25.7 Å². The van der Waals surface area contributed by atoms with Crippen LogP contribution >= 0.6 is 34.5 Å². The molecule has 2 fully saturated rings. The van der Waals surface area contributed by atoms with Gasteiger partial charge in [0.25, 0.3) is 5.91 Å². The van der Waals surface area contributed by atoms with Crippen molar-refractivity contribution in [3.8, 4) is 0 Å². The number of amides is 1. The van der Waals surface area contributed by atoms with Gasteiger partial charge in [0.15, 0.2) is 0 Å². The Morgan fingerprint density at radius 1 is 1.40 bits per heavy atom. The highest BCUT2D eigenvalue weighted by molar-refractivity contribution is 7.20. The van der Waals surface area contributed by atoms with Crippen molar-refractivity contribution in [2.24, 2.45) is 5.92 Å². The van der Waals surface area contributed by atoms with Crippen LogP contribution in [0.25, 0.3) is 0 Å². The summed E-state index contributed by atoms with van der Waals surface area (Å²) >= 11 is 13.2. The van der Waals surface area contributed by atoms with E-state index in [4.69, 9.17) is 23.2 Å². The lowest BCUT2D eigenvalue weighted by Gasteiger charge is -2.47. The van der Waals surface area contributed by atoms with Gasteiger partial charge in [-0.3, -0.25) is 4.79 Å². The fourth-order valence-corrected chi connectivity index (χ4v) is 4.86. The van der Waals surface area contributed by atoms with Crippen LogP contribution in [0.3, 0.4) is 0 Å². The largest absolute Gasteiger partial charge is 0.389 e. The highest BCUT2D eigenvalue weighted by Crippen LogP contribution is 2.40. The molecule has 1 saturated carbocycles. The number of carbonyl (C=O) groups excluding carboxylic acids is 1. The molecule has 110 valence electrons.